The van der Waals surface area contributed by atoms with Crippen LogP contribution in [0, 0.1) is 4.77 Å². The van der Waals surface area contributed by atoms with Gasteiger partial charge in [-0.3, -0.25) is 0 Å². The van der Waals surface area contributed by atoms with Crippen molar-refractivity contribution in [3.05, 3.63) is 63.8 Å². The van der Waals surface area contributed by atoms with E-state index in [1.165, 1.54) is 0 Å². The van der Waals surface area contributed by atoms with Gasteiger partial charge in [-0.1, -0.05) is 11.6 Å². The van der Waals surface area contributed by atoms with Gasteiger partial charge in [-0.15, -0.1) is 0 Å². The zero-order valence-electron chi connectivity index (χ0n) is 12.2. The molecule has 0 fully saturated rings. The van der Waals surface area contributed by atoms with E-state index in [1.807, 2.05) is 37.3 Å². The molecule has 0 spiro atoms. The first-order valence-electron chi connectivity index (χ1n) is 6.83. The number of allylic oxidation sites excluding steroid dienone is 1. The zero-order valence-corrected chi connectivity index (χ0v) is 13.8. The first-order valence-corrected chi connectivity index (χ1v) is 7.61. The molecule has 0 aliphatic carbocycles. The lowest BCUT2D eigenvalue weighted by Gasteiger charge is -2.01. The van der Waals surface area contributed by atoms with Gasteiger partial charge < -0.3 is 4.42 Å². The summed E-state index contributed by atoms with van der Waals surface area (Å²) in [5.41, 5.74) is 1.79. The van der Waals surface area contributed by atoms with Crippen LogP contribution in [-0.2, 0) is 0 Å². The van der Waals surface area contributed by atoms with Crippen molar-refractivity contribution >= 4 is 36.1 Å². The van der Waals surface area contributed by atoms with Crippen molar-refractivity contribution in [3.8, 4) is 11.4 Å². The van der Waals surface area contributed by atoms with Crippen LogP contribution in [0.15, 0.2) is 57.8 Å². The van der Waals surface area contributed by atoms with Crippen molar-refractivity contribution in [3.63, 3.8) is 0 Å². The van der Waals surface area contributed by atoms with Gasteiger partial charge in [-0.25, -0.2) is 5.10 Å². The molecule has 23 heavy (non-hydrogen) atoms. The number of nitrogens with zero attached hydrogens (tertiary/aromatic N) is 3. The molecular formula is C16H13ClN4OS. The second-order valence-electron chi connectivity index (χ2n) is 4.82. The molecule has 2 aromatic heterocycles. The predicted octanol–water partition coefficient (Wildman–Crippen LogP) is 4.79. The summed E-state index contributed by atoms with van der Waals surface area (Å²) in [5, 5.41) is 12.0. The number of rotatable bonds is 4. The van der Waals surface area contributed by atoms with Gasteiger partial charge >= 0.3 is 0 Å². The van der Waals surface area contributed by atoms with Crippen molar-refractivity contribution in [1.82, 2.24) is 14.9 Å². The number of nitrogens with one attached hydrogen (secondary N) is 1. The molecular weight excluding hydrogens is 332 g/mol. The predicted molar refractivity (Wildman–Crippen MR) is 94.1 cm³/mol. The lowest BCUT2D eigenvalue weighted by atomic mass is 10.2. The van der Waals surface area contributed by atoms with E-state index in [4.69, 9.17) is 28.2 Å². The summed E-state index contributed by atoms with van der Waals surface area (Å²) in [6.07, 6.45) is 5.21. The molecule has 0 aliphatic rings. The molecule has 1 aromatic carbocycles. The number of hydrogen-bond donors (Lipinski definition) is 1. The van der Waals surface area contributed by atoms with Crippen molar-refractivity contribution in [2.75, 3.05) is 0 Å². The van der Waals surface area contributed by atoms with E-state index in [0.717, 1.165) is 16.9 Å². The van der Waals surface area contributed by atoms with Gasteiger partial charge in [-0.2, -0.15) is 14.9 Å². The van der Waals surface area contributed by atoms with Crippen LogP contribution in [-0.4, -0.2) is 21.1 Å². The standard InChI is InChI=1S/C16H13ClN4OS/c1-11(9-14-3-2-8-22-14)10-18-21-15(19-20-16(21)23)12-4-6-13(17)7-5-12/h2-10H,1H3,(H,20,23)/b11-9-,18-10+. The number of hydrogen-bond acceptors (Lipinski definition) is 4. The van der Waals surface area contributed by atoms with Crippen molar-refractivity contribution in [2.24, 2.45) is 5.10 Å². The summed E-state index contributed by atoms with van der Waals surface area (Å²) >= 11 is 11.1. The lowest BCUT2D eigenvalue weighted by molar-refractivity contribution is 0.557. The Kier molecular flexibility index (Phi) is 4.55. The van der Waals surface area contributed by atoms with Gasteiger partial charge in [0.05, 0.1) is 12.5 Å². The molecule has 0 atom stereocenters. The average molecular weight is 345 g/mol. The maximum atomic E-state index is 5.91. The molecule has 0 aliphatic heterocycles. The Morgan fingerprint density at radius 2 is 2.13 bits per heavy atom. The first-order chi connectivity index (χ1) is 11.1. The molecule has 0 bridgehead atoms. The van der Waals surface area contributed by atoms with Crippen LogP contribution in [0.1, 0.15) is 12.7 Å². The van der Waals surface area contributed by atoms with Crippen LogP contribution in [0.5, 0.6) is 0 Å². The third-order valence-electron chi connectivity index (χ3n) is 3.04. The van der Waals surface area contributed by atoms with E-state index in [9.17, 15) is 0 Å². The number of benzene rings is 1. The van der Waals surface area contributed by atoms with E-state index >= 15 is 0 Å². The van der Waals surface area contributed by atoms with Crippen LogP contribution < -0.4 is 0 Å². The Hall–Kier alpha value is -2.44. The molecule has 116 valence electrons. The number of aromatic amines is 1. The second-order valence-corrected chi connectivity index (χ2v) is 5.64. The van der Waals surface area contributed by atoms with Gasteiger partial charge in [0.1, 0.15) is 5.76 Å². The molecule has 0 saturated carbocycles. The average Bonchev–Trinajstić information content (AvgIpc) is 3.16. The summed E-state index contributed by atoms with van der Waals surface area (Å²) in [6, 6.07) is 11.0. The van der Waals surface area contributed by atoms with Crippen LogP contribution in [0.2, 0.25) is 5.02 Å². The summed E-state index contributed by atoms with van der Waals surface area (Å²) in [4.78, 5) is 0. The van der Waals surface area contributed by atoms with E-state index < -0.39 is 0 Å². The molecule has 3 rings (SSSR count). The van der Waals surface area contributed by atoms with Gasteiger partial charge in [-0.05, 0) is 67.2 Å². The van der Waals surface area contributed by atoms with Gasteiger partial charge in [0.25, 0.3) is 0 Å². The smallest absolute Gasteiger partial charge is 0.216 e. The molecule has 0 saturated heterocycles. The molecule has 2 heterocycles. The van der Waals surface area contributed by atoms with E-state index in [-0.39, 0.29) is 0 Å². The fraction of sp³-hybridized carbons (Fsp3) is 0.0625. The number of halogens is 1. The van der Waals surface area contributed by atoms with Gasteiger partial charge in [0.15, 0.2) is 5.82 Å². The quantitative estimate of drug-likeness (QED) is 0.546. The molecule has 1 N–H and O–H groups in total. The van der Waals surface area contributed by atoms with Crippen LogP contribution in [0.4, 0.5) is 0 Å². The Morgan fingerprint density at radius 1 is 1.35 bits per heavy atom. The summed E-state index contributed by atoms with van der Waals surface area (Å²) in [7, 11) is 0. The van der Waals surface area contributed by atoms with Crippen molar-refractivity contribution < 1.29 is 4.42 Å². The molecule has 0 radical (unpaired) electrons. The molecule has 5 nitrogen and oxygen atoms in total. The normalized spacial score (nSPS) is 12.2. The minimum atomic E-state index is 0.414. The maximum Gasteiger partial charge on any atom is 0.216 e. The second kappa shape index (κ2) is 6.76. The molecule has 0 unspecified atom stereocenters. The Morgan fingerprint density at radius 3 is 2.83 bits per heavy atom. The number of furan rings is 1. The summed E-state index contributed by atoms with van der Waals surface area (Å²) < 4.78 is 7.25. The monoisotopic (exact) mass is 344 g/mol. The number of H-pyrrole nitrogens is 1. The highest BCUT2D eigenvalue weighted by Crippen LogP contribution is 2.19. The number of aromatic nitrogens is 3. The summed E-state index contributed by atoms with van der Waals surface area (Å²) in [6.45, 7) is 1.93. The van der Waals surface area contributed by atoms with Crippen molar-refractivity contribution in [2.45, 2.75) is 6.92 Å². The minimum absolute atomic E-state index is 0.414. The van der Waals surface area contributed by atoms with E-state index in [1.54, 1.807) is 29.3 Å². The highest BCUT2D eigenvalue weighted by Gasteiger charge is 2.07. The lowest BCUT2D eigenvalue weighted by Crippen LogP contribution is -1.94. The first kappa shape index (κ1) is 15.5. The fourth-order valence-corrected chi connectivity index (χ4v) is 2.27. The molecule has 0 amide bonds. The fourth-order valence-electron chi connectivity index (χ4n) is 1.97. The Bertz CT molecular complexity index is 904. The molecule has 3 aromatic rings. The van der Waals surface area contributed by atoms with Gasteiger partial charge in [0, 0.05) is 10.6 Å². The van der Waals surface area contributed by atoms with Gasteiger partial charge in [0.2, 0.25) is 4.77 Å². The highest BCUT2D eigenvalue weighted by atomic mass is 35.5. The minimum Gasteiger partial charge on any atom is -0.465 e. The van der Waals surface area contributed by atoms with Crippen LogP contribution in [0.3, 0.4) is 0 Å². The SMILES string of the molecule is CC(=C/c1ccco1)/C=N/n1c(-c2ccc(Cl)cc2)n[nH]c1=S. The Labute approximate surface area is 142 Å². The van der Waals surface area contributed by atoms with Crippen LogP contribution in [0.25, 0.3) is 17.5 Å². The summed E-state index contributed by atoms with van der Waals surface area (Å²) in [5.74, 6) is 1.39. The zero-order chi connectivity index (χ0) is 16.2. The largest absolute Gasteiger partial charge is 0.465 e. The third kappa shape index (κ3) is 3.67. The third-order valence-corrected chi connectivity index (χ3v) is 3.56. The van der Waals surface area contributed by atoms with Crippen LogP contribution >= 0.6 is 23.8 Å². The highest BCUT2D eigenvalue weighted by molar-refractivity contribution is 7.71. The Balaban J connectivity index is 1.91. The topological polar surface area (TPSA) is 59.1 Å². The molecule has 7 heteroatoms. The van der Waals surface area contributed by atoms with E-state index in [2.05, 4.69) is 15.3 Å². The van der Waals surface area contributed by atoms with Crippen molar-refractivity contribution in [1.29, 1.82) is 0 Å². The maximum absolute atomic E-state index is 5.91. The van der Waals surface area contributed by atoms with E-state index in [0.29, 0.717) is 15.6 Å².